The van der Waals surface area contributed by atoms with E-state index >= 15 is 0 Å². The average Bonchev–Trinajstić information content (AvgIpc) is 3.18. The van der Waals surface area contributed by atoms with E-state index in [1.54, 1.807) is 0 Å². The van der Waals surface area contributed by atoms with Gasteiger partial charge in [-0.1, -0.05) is 0 Å². The lowest BCUT2D eigenvalue weighted by molar-refractivity contribution is -0.385. The Bertz CT molecular complexity index is 523. The molecule has 0 unspecified atom stereocenters. The van der Waals surface area contributed by atoms with E-state index in [9.17, 15) is 14.9 Å². The number of nitrogens with zero attached hydrogens (tertiary/aromatic N) is 1. The topological polar surface area (TPSA) is 98.9 Å². The fourth-order valence-electron chi connectivity index (χ4n) is 1.64. The number of methoxy groups -OCH3 is 1. The third-order valence-electron chi connectivity index (χ3n) is 2.88. The van der Waals surface area contributed by atoms with Crippen LogP contribution in [0.4, 0.5) is 5.69 Å². The maximum Gasteiger partial charge on any atom is 0.339 e. The molecule has 0 aromatic heterocycles. The van der Waals surface area contributed by atoms with Crippen molar-refractivity contribution in [2.24, 2.45) is 5.92 Å². The Kier molecular flexibility index (Phi) is 3.55. The first-order chi connectivity index (χ1) is 9.02. The predicted molar refractivity (Wildman–Crippen MR) is 64.8 cm³/mol. The Morgan fingerprint density at radius 3 is 2.63 bits per heavy atom. The third kappa shape index (κ3) is 2.93. The van der Waals surface area contributed by atoms with Crippen LogP contribution in [0, 0.1) is 16.0 Å². The summed E-state index contributed by atoms with van der Waals surface area (Å²) in [5.41, 5.74) is -0.619. The number of benzene rings is 1. The SMILES string of the molecule is COc1cc(OCC2CC2)c([N+](=O)[O-])cc1C(=O)O. The molecule has 1 N–H and O–H groups in total. The molecule has 0 spiro atoms. The Morgan fingerprint density at radius 2 is 2.16 bits per heavy atom. The Labute approximate surface area is 108 Å². The Balaban J connectivity index is 2.37. The number of nitro groups is 1. The Morgan fingerprint density at radius 1 is 1.47 bits per heavy atom. The summed E-state index contributed by atoms with van der Waals surface area (Å²) < 4.78 is 10.3. The molecule has 1 aromatic carbocycles. The molecule has 0 saturated heterocycles. The number of nitro benzene ring substituents is 1. The summed E-state index contributed by atoms with van der Waals surface area (Å²) in [6.45, 7) is 0.399. The molecule has 1 fully saturated rings. The average molecular weight is 267 g/mol. The second-order valence-electron chi connectivity index (χ2n) is 4.34. The molecule has 1 aliphatic carbocycles. The van der Waals surface area contributed by atoms with Gasteiger partial charge in [0.15, 0.2) is 0 Å². The molecule has 7 nitrogen and oxygen atoms in total. The maximum absolute atomic E-state index is 11.0. The van der Waals surface area contributed by atoms with Gasteiger partial charge in [0, 0.05) is 12.1 Å². The van der Waals surface area contributed by atoms with Gasteiger partial charge >= 0.3 is 11.7 Å². The number of carboxylic acids is 1. The molecule has 0 radical (unpaired) electrons. The second-order valence-corrected chi connectivity index (χ2v) is 4.34. The minimum Gasteiger partial charge on any atom is -0.496 e. The standard InChI is InChI=1S/C12H13NO6/c1-18-10-5-11(19-6-7-2-3-7)9(13(16)17)4-8(10)12(14)15/h4-5,7H,2-3,6H2,1H3,(H,14,15). The fourth-order valence-corrected chi connectivity index (χ4v) is 1.64. The van der Waals surface area contributed by atoms with E-state index in [1.165, 1.54) is 13.2 Å². The van der Waals surface area contributed by atoms with Gasteiger partial charge in [-0.15, -0.1) is 0 Å². The van der Waals surface area contributed by atoms with Gasteiger partial charge in [-0.05, 0) is 18.8 Å². The van der Waals surface area contributed by atoms with Crippen LogP contribution >= 0.6 is 0 Å². The lowest BCUT2D eigenvalue weighted by Crippen LogP contribution is -2.06. The van der Waals surface area contributed by atoms with E-state index in [0.717, 1.165) is 18.9 Å². The van der Waals surface area contributed by atoms with Gasteiger partial charge in [-0.2, -0.15) is 0 Å². The van der Waals surface area contributed by atoms with Gasteiger partial charge in [0.2, 0.25) is 5.75 Å². The van der Waals surface area contributed by atoms with Gasteiger partial charge in [0.05, 0.1) is 18.6 Å². The highest BCUT2D eigenvalue weighted by Crippen LogP contribution is 2.36. The van der Waals surface area contributed by atoms with Gasteiger partial charge in [-0.25, -0.2) is 4.79 Å². The van der Waals surface area contributed by atoms with Crippen LogP contribution in [-0.4, -0.2) is 29.7 Å². The molecule has 2 rings (SSSR count). The normalized spacial score (nSPS) is 13.9. The summed E-state index contributed by atoms with van der Waals surface area (Å²) in [7, 11) is 1.30. The molecule has 1 saturated carbocycles. The van der Waals surface area contributed by atoms with Crippen LogP contribution in [0.3, 0.4) is 0 Å². The van der Waals surface area contributed by atoms with E-state index < -0.39 is 10.9 Å². The number of ether oxygens (including phenoxy) is 2. The maximum atomic E-state index is 11.0. The minimum atomic E-state index is -1.28. The van der Waals surface area contributed by atoms with Crippen LogP contribution < -0.4 is 9.47 Å². The van der Waals surface area contributed by atoms with E-state index in [1.807, 2.05) is 0 Å². The van der Waals surface area contributed by atoms with Crippen molar-refractivity contribution in [3.05, 3.63) is 27.8 Å². The number of hydrogen-bond acceptors (Lipinski definition) is 5. The first-order valence-electron chi connectivity index (χ1n) is 5.75. The number of rotatable bonds is 6. The van der Waals surface area contributed by atoms with Crippen LogP contribution in [0.1, 0.15) is 23.2 Å². The molecule has 102 valence electrons. The first kappa shape index (κ1) is 13.1. The number of carboxylic acid groups (broad SMARTS) is 1. The highest BCUT2D eigenvalue weighted by molar-refractivity contribution is 5.92. The van der Waals surface area contributed by atoms with Crippen molar-refractivity contribution in [1.29, 1.82) is 0 Å². The fraction of sp³-hybridized carbons (Fsp3) is 0.417. The van der Waals surface area contributed by atoms with Crippen molar-refractivity contribution in [3.8, 4) is 11.5 Å². The Hall–Kier alpha value is -2.31. The van der Waals surface area contributed by atoms with Crippen molar-refractivity contribution in [2.45, 2.75) is 12.8 Å². The van der Waals surface area contributed by atoms with Gasteiger partial charge < -0.3 is 14.6 Å². The monoisotopic (exact) mass is 267 g/mol. The van der Waals surface area contributed by atoms with Crippen LogP contribution in [-0.2, 0) is 0 Å². The molecule has 0 heterocycles. The van der Waals surface area contributed by atoms with Gasteiger partial charge in [0.25, 0.3) is 0 Å². The van der Waals surface area contributed by atoms with Crippen LogP contribution in [0.2, 0.25) is 0 Å². The molecular weight excluding hydrogens is 254 g/mol. The molecular formula is C12H13NO6. The molecule has 0 aliphatic heterocycles. The molecule has 0 amide bonds. The van der Waals surface area contributed by atoms with E-state index in [0.29, 0.717) is 12.5 Å². The zero-order chi connectivity index (χ0) is 14.0. The van der Waals surface area contributed by atoms with Crippen molar-refractivity contribution < 1.29 is 24.3 Å². The van der Waals surface area contributed by atoms with E-state index in [-0.39, 0.29) is 22.7 Å². The third-order valence-corrected chi connectivity index (χ3v) is 2.88. The minimum absolute atomic E-state index is 0.0405. The number of aromatic carboxylic acids is 1. The highest BCUT2D eigenvalue weighted by atomic mass is 16.6. The van der Waals surface area contributed by atoms with Gasteiger partial charge in [0.1, 0.15) is 11.3 Å². The summed E-state index contributed by atoms with van der Waals surface area (Å²) in [5, 5.41) is 19.9. The molecule has 19 heavy (non-hydrogen) atoms. The van der Waals surface area contributed by atoms with E-state index in [2.05, 4.69) is 0 Å². The molecule has 1 aromatic rings. The highest BCUT2D eigenvalue weighted by Gasteiger charge is 2.26. The van der Waals surface area contributed by atoms with Crippen molar-refractivity contribution in [3.63, 3.8) is 0 Å². The summed E-state index contributed by atoms with van der Waals surface area (Å²) in [6, 6.07) is 2.22. The first-order valence-corrected chi connectivity index (χ1v) is 5.75. The summed E-state index contributed by atoms with van der Waals surface area (Å²) in [4.78, 5) is 21.3. The molecule has 7 heteroatoms. The van der Waals surface area contributed by atoms with E-state index in [4.69, 9.17) is 14.6 Å². The lowest BCUT2D eigenvalue weighted by atomic mass is 10.1. The number of hydrogen-bond donors (Lipinski definition) is 1. The zero-order valence-electron chi connectivity index (χ0n) is 10.3. The second kappa shape index (κ2) is 5.13. The van der Waals surface area contributed by atoms with Crippen molar-refractivity contribution in [1.82, 2.24) is 0 Å². The summed E-state index contributed by atoms with van der Waals surface area (Å²) >= 11 is 0. The molecule has 0 bridgehead atoms. The summed E-state index contributed by atoms with van der Waals surface area (Å²) in [5.74, 6) is -0.763. The summed E-state index contributed by atoms with van der Waals surface area (Å²) in [6.07, 6.45) is 2.11. The smallest absolute Gasteiger partial charge is 0.339 e. The van der Waals surface area contributed by atoms with Crippen molar-refractivity contribution >= 4 is 11.7 Å². The molecule has 0 atom stereocenters. The van der Waals surface area contributed by atoms with Crippen LogP contribution in [0.5, 0.6) is 11.5 Å². The van der Waals surface area contributed by atoms with Crippen molar-refractivity contribution in [2.75, 3.05) is 13.7 Å². The van der Waals surface area contributed by atoms with Crippen LogP contribution in [0.15, 0.2) is 12.1 Å². The zero-order valence-corrected chi connectivity index (χ0v) is 10.3. The lowest BCUT2D eigenvalue weighted by Gasteiger charge is -2.10. The number of carbonyl (C=O) groups is 1. The van der Waals surface area contributed by atoms with Gasteiger partial charge in [-0.3, -0.25) is 10.1 Å². The van der Waals surface area contributed by atoms with Crippen LogP contribution in [0.25, 0.3) is 0 Å². The quantitative estimate of drug-likeness (QED) is 0.625. The predicted octanol–water partition coefficient (Wildman–Crippen LogP) is 2.09. The molecule has 1 aliphatic rings. The largest absolute Gasteiger partial charge is 0.496 e.